The molecule has 1 aromatic carbocycles. The Morgan fingerprint density at radius 3 is 2.85 bits per heavy atom. The summed E-state index contributed by atoms with van der Waals surface area (Å²) in [5, 5.41) is 9.94. The maximum Gasteiger partial charge on any atom is 0.339 e. The zero-order chi connectivity index (χ0) is 9.42. The van der Waals surface area contributed by atoms with Crippen molar-refractivity contribution < 1.29 is 9.52 Å². The van der Waals surface area contributed by atoms with Gasteiger partial charge in [0.2, 0.25) is 0 Å². The second-order valence-electron chi connectivity index (χ2n) is 2.95. The van der Waals surface area contributed by atoms with E-state index in [9.17, 15) is 9.90 Å². The summed E-state index contributed by atoms with van der Waals surface area (Å²) in [6.45, 7) is 1.89. The van der Waals surface area contributed by atoms with E-state index in [1.165, 1.54) is 0 Å². The Balaban J connectivity index is 2.94. The molecule has 1 heterocycles. The van der Waals surface area contributed by atoms with Crippen LogP contribution in [-0.2, 0) is 0 Å². The summed E-state index contributed by atoms with van der Waals surface area (Å²) in [6, 6.07) is 6.36. The third kappa shape index (κ3) is 1.28. The first-order valence-electron chi connectivity index (χ1n) is 3.90. The van der Waals surface area contributed by atoms with Crippen molar-refractivity contribution in [1.29, 1.82) is 0 Å². The Morgan fingerprint density at radius 1 is 1.31 bits per heavy atom. The molecule has 3 nitrogen and oxygen atoms in total. The van der Waals surface area contributed by atoms with Crippen LogP contribution in [0.1, 0.15) is 5.56 Å². The topological polar surface area (TPSA) is 50.4 Å². The first-order valence-corrected chi connectivity index (χ1v) is 3.90. The molecule has 0 aliphatic carbocycles. The van der Waals surface area contributed by atoms with Gasteiger partial charge in [-0.05, 0) is 24.6 Å². The van der Waals surface area contributed by atoms with Crippen LogP contribution >= 0.6 is 0 Å². The van der Waals surface area contributed by atoms with E-state index in [-0.39, 0.29) is 5.75 Å². The van der Waals surface area contributed by atoms with Crippen molar-refractivity contribution in [3.8, 4) is 5.75 Å². The average molecular weight is 176 g/mol. The molecular formula is C10H8O3. The van der Waals surface area contributed by atoms with Crippen molar-refractivity contribution in [2.24, 2.45) is 0 Å². The first kappa shape index (κ1) is 7.86. The van der Waals surface area contributed by atoms with Crippen LogP contribution in [0.4, 0.5) is 0 Å². The molecule has 1 N–H and O–H groups in total. The van der Waals surface area contributed by atoms with Crippen molar-refractivity contribution in [2.45, 2.75) is 6.92 Å². The molecule has 0 saturated carbocycles. The zero-order valence-electron chi connectivity index (χ0n) is 7.07. The van der Waals surface area contributed by atoms with E-state index in [2.05, 4.69) is 0 Å². The maximum absolute atomic E-state index is 10.9. The number of fused-ring (bicyclic) bond motifs is 1. The third-order valence-corrected chi connectivity index (χ3v) is 1.88. The second kappa shape index (κ2) is 2.62. The van der Waals surface area contributed by atoms with E-state index in [4.69, 9.17) is 4.42 Å². The van der Waals surface area contributed by atoms with Crippen LogP contribution in [0.2, 0.25) is 0 Å². The highest BCUT2D eigenvalue weighted by molar-refractivity contribution is 5.83. The van der Waals surface area contributed by atoms with Gasteiger partial charge in [0.25, 0.3) is 0 Å². The predicted octanol–water partition coefficient (Wildman–Crippen LogP) is 1.81. The highest BCUT2D eigenvalue weighted by Gasteiger charge is 2.02. The summed E-state index contributed by atoms with van der Waals surface area (Å²) >= 11 is 0. The number of hydrogen-bond acceptors (Lipinski definition) is 3. The van der Waals surface area contributed by atoms with Gasteiger partial charge in [0.05, 0.1) is 11.5 Å². The molecule has 0 bridgehead atoms. The molecule has 0 fully saturated rings. The van der Waals surface area contributed by atoms with Crippen molar-refractivity contribution in [3.05, 3.63) is 40.2 Å². The van der Waals surface area contributed by atoms with Gasteiger partial charge in [0.1, 0.15) is 11.3 Å². The van der Waals surface area contributed by atoms with Crippen LogP contribution in [0, 0.1) is 6.92 Å². The number of aryl methyl sites for hydroxylation is 1. The molecule has 3 heteroatoms. The van der Waals surface area contributed by atoms with E-state index in [1.807, 2.05) is 13.0 Å². The van der Waals surface area contributed by atoms with Crippen LogP contribution in [0.5, 0.6) is 5.75 Å². The maximum atomic E-state index is 10.9. The van der Waals surface area contributed by atoms with Gasteiger partial charge >= 0.3 is 5.63 Å². The first-order chi connectivity index (χ1) is 6.16. The summed E-state index contributed by atoms with van der Waals surface area (Å²) in [5.41, 5.74) is 0.877. The summed E-state index contributed by atoms with van der Waals surface area (Å²) < 4.78 is 4.91. The molecule has 0 atom stereocenters. The molecule has 0 amide bonds. The second-order valence-corrected chi connectivity index (χ2v) is 2.95. The number of hydrogen-bond donors (Lipinski definition) is 1. The van der Waals surface area contributed by atoms with Gasteiger partial charge in [-0.2, -0.15) is 0 Å². The number of benzene rings is 1. The van der Waals surface area contributed by atoms with Gasteiger partial charge in [0, 0.05) is 0 Å². The highest BCUT2D eigenvalue weighted by atomic mass is 16.4. The minimum Gasteiger partial charge on any atom is -0.507 e. The largest absolute Gasteiger partial charge is 0.507 e. The van der Waals surface area contributed by atoms with Crippen LogP contribution < -0.4 is 5.63 Å². The summed E-state index contributed by atoms with van der Waals surface area (Å²) in [6.07, 6.45) is 0. The van der Waals surface area contributed by atoms with E-state index >= 15 is 0 Å². The molecular weight excluding hydrogens is 168 g/mol. The van der Waals surface area contributed by atoms with Crippen molar-refractivity contribution in [2.75, 3.05) is 0 Å². The highest BCUT2D eigenvalue weighted by Crippen LogP contribution is 2.22. The third-order valence-electron chi connectivity index (χ3n) is 1.88. The van der Waals surface area contributed by atoms with Gasteiger partial charge in [-0.25, -0.2) is 4.79 Å². The molecule has 13 heavy (non-hydrogen) atoms. The molecule has 0 aliphatic rings. The fraction of sp³-hybridized carbons (Fsp3) is 0.100. The standard InChI is InChI=1S/C10H8O3/c1-6-2-3-7-8(11)5-10(12)13-9(7)4-6/h2-5,11H,1H3. The summed E-state index contributed by atoms with van der Waals surface area (Å²) in [5.74, 6) is -0.0359. The summed E-state index contributed by atoms with van der Waals surface area (Å²) in [7, 11) is 0. The van der Waals surface area contributed by atoms with Crippen molar-refractivity contribution >= 4 is 11.0 Å². The summed E-state index contributed by atoms with van der Waals surface area (Å²) in [4.78, 5) is 10.9. The average Bonchev–Trinajstić information content (AvgIpc) is 2.02. The van der Waals surface area contributed by atoms with Gasteiger partial charge in [-0.3, -0.25) is 0 Å². The Bertz CT molecular complexity index is 511. The van der Waals surface area contributed by atoms with Crippen LogP contribution in [0.3, 0.4) is 0 Å². The van der Waals surface area contributed by atoms with E-state index in [0.29, 0.717) is 11.0 Å². The fourth-order valence-corrected chi connectivity index (χ4v) is 1.25. The predicted molar refractivity (Wildman–Crippen MR) is 48.9 cm³/mol. The van der Waals surface area contributed by atoms with E-state index < -0.39 is 5.63 Å². The van der Waals surface area contributed by atoms with Gasteiger partial charge < -0.3 is 9.52 Å². The smallest absolute Gasteiger partial charge is 0.339 e. The molecule has 2 aromatic rings. The number of rotatable bonds is 0. The molecule has 2 rings (SSSR count). The van der Waals surface area contributed by atoms with Crippen LogP contribution in [0.15, 0.2) is 33.5 Å². The van der Waals surface area contributed by atoms with Gasteiger partial charge in [-0.15, -0.1) is 0 Å². The molecule has 0 spiro atoms. The quantitative estimate of drug-likeness (QED) is 0.623. The lowest BCUT2D eigenvalue weighted by molar-refractivity contribution is 0.468. The normalized spacial score (nSPS) is 10.5. The molecule has 1 aromatic heterocycles. The van der Waals surface area contributed by atoms with Crippen molar-refractivity contribution in [3.63, 3.8) is 0 Å². The van der Waals surface area contributed by atoms with Crippen molar-refractivity contribution in [1.82, 2.24) is 0 Å². The lowest BCUT2D eigenvalue weighted by Crippen LogP contribution is -1.95. The fourth-order valence-electron chi connectivity index (χ4n) is 1.25. The number of aromatic hydroxyl groups is 1. The lowest BCUT2D eigenvalue weighted by Gasteiger charge is -1.99. The van der Waals surface area contributed by atoms with Gasteiger partial charge in [-0.1, -0.05) is 6.07 Å². The van der Waals surface area contributed by atoms with Crippen LogP contribution in [-0.4, -0.2) is 5.11 Å². The van der Waals surface area contributed by atoms with Gasteiger partial charge in [0.15, 0.2) is 0 Å². The van der Waals surface area contributed by atoms with Crippen LogP contribution in [0.25, 0.3) is 11.0 Å². The SMILES string of the molecule is Cc1ccc2c(O)cc(=O)oc2c1. The molecule has 0 radical (unpaired) electrons. The molecule has 0 aliphatic heterocycles. The zero-order valence-corrected chi connectivity index (χ0v) is 7.07. The Hall–Kier alpha value is -1.77. The monoisotopic (exact) mass is 176 g/mol. The Morgan fingerprint density at radius 2 is 2.08 bits per heavy atom. The molecule has 0 saturated heterocycles. The Kier molecular flexibility index (Phi) is 1.59. The van der Waals surface area contributed by atoms with E-state index in [0.717, 1.165) is 11.6 Å². The Labute approximate surface area is 74.2 Å². The lowest BCUT2D eigenvalue weighted by atomic mass is 10.1. The minimum absolute atomic E-state index is 0.0359. The minimum atomic E-state index is -0.532. The molecule has 66 valence electrons. The molecule has 0 unspecified atom stereocenters. The van der Waals surface area contributed by atoms with E-state index in [1.54, 1.807) is 12.1 Å².